The molecule has 1 saturated heterocycles. The number of nitrogens with one attached hydrogen (secondary N) is 2. The minimum absolute atomic E-state index is 0.179. The maximum absolute atomic E-state index is 12.0. The number of piperidine rings is 1. The predicted octanol–water partition coefficient (Wildman–Crippen LogP) is 3.76. The van der Waals surface area contributed by atoms with E-state index in [0.29, 0.717) is 12.5 Å². The van der Waals surface area contributed by atoms with Gasteiger partial charge in [-0.25, -0.2) is 4.79 Å². The summed E-state index contributed by atoms with van der Waals surface area (Å²) >= 11 is 1.86. The van der Waals surface area contributed by atoms with Gasteiger partial charge in [-0.15, -0.1) is 11.3 Å². The number of urea groups is 1. The van der Waals surface area contributed by atoms with Crippen LogP contribution in [0, 0.1) is 0 Å². The summed E-state index contributed by atoms with van der Waals surface area (Å²) in [7, 11) is 1.61. The molecule has 0 aliphatic carbocycles. The number of carbonyl (C=O) groups is 1. The molecule has 0 bridgehead atoms. The van der Waals surface area contributed by atoms with Crippen LogP contribution in [0.2, 0.25) is 0 Å². The van der Waals surface area contributed by atoms with Gasteiger partial charge in [-0.1, -0.05) is 12.1 Å². The number of carbonyl (C=O) groups excluding carboxylic acids is 1. The predicted molar refractivity (Wildman–Crippen MR) is 103 cm³/mol. The van der Waals surface area contributed by atoms with E-state index in [1.165, 1.54) is 17.7 Å². The topological polar surface area (TPSA) is 53.6 Å². The number of methoxy groups -OCH3 is 1. The van der Waals surface area contributed by atoms with Crippen LogP contribution in [0.1, 0.15) is 23.6 Å². The summed E-state index contributed by atoms with van der Waals surface area (Å²) in [5.41, 5.74) is 0.730. The van der Waals surface area contributed by atoms with E-state index >= 15 is 0 Å². The van der Waals surface area contributed by atoms with Crippen LogP contribution in [0.5, 0.6) is 5.75 Å². The van der Waals surface area contributed by atoms with Crippen molar-refractivity contribution in [3.05, 3.63) is 46.7 Å². The maximum Gasteiger partial charge on any atom is 0.319 e. The van der Waals surface area contributed by atoms with Crippen molar-refractivity contribution in [1.29, 1.82) is 0 Å². The van der Waals surface area contributed by atoms with Crippen molar-refractivity contribution in [2.24, 2.45) is 0 Å². The molecular weight excluding hydrogens is 334 g/mol. The third-order valence-corrected chi connectivity index (χ3v) is 5.61. The Balaban J connectivity index is 1.35. The van der Waals surface area contributed by atoms with Crippen molar-refractivity contribution in [2.45, 2.75) is 18.8 Å². The van der Waals surface area contributed by atoms with Crippen LogP contribution >= 0.6 is 11.3 Å². The molecule has 6 heteroatoms. The molecule has 0 unspecified atom stereocenters. The molecule has 1 aliphatic rings. The van der Waals surface area contributed by atoms with Gasteiger partial charge < -0.3 is 20.3 Å². The number of nitrogens with zero attached hydrogens (tertiary/aromatic N) is 1. The summed E-state index contributed by atoms with van der Waals surface area (Å²) in [5, 5.41) is 7.92. The summed E-state index contributed by atoms with van der Waals surface area (Å²) in [6.45, 7) is 3.74. The van der Waals surface area contributed by atoms with Crippen molar-refractivity contribution in [1.82, 2.24) is 10.2 Å². The second-order valence-electron chi connectivity index (χ2n) is 6.24. The van der Waals surface area contributed by atoms with Crippen molar-refractivity contribution in [3.8, 4) is 5.75 Å². The molecule has 134 valence electrons. The first-order valence-electron chi connectivity index (χ1n) is 8.69. The molecule has 1 aliphatic heterocycles. The number of hydrogen-bond acceptors (Lipinski definition) is 4. The van der Waals surface area contributed by atoms with Gasteiger partial charge in [0.1, 0.15) is 5.75 Å². The van der Waals surface area contributed by atoms with Gasteiger partial charge in [-0.05, 0) is 55.4 Å². The molecule has 5 nitrogen and oxygen atoms in total. The molecule has 2 heterocycles. The zero-order valence-electron chi connectivity index (χ0n) is 14.5. The lowest BCUT2D eigenvalue weighted by Gasteiger charge is -2.31. The van der Waals surface area contributed by atoms with E-state index < -0.39 is 0 Å². The molecule has 3 rings (SSSR count). The molecule has 0 atom stereocenters. The first-order valence-corrected chi connectivity index (χ1v) is 9.57. The quantitative estimate of drug-likeness (QED) is 0.826. The Bertz CT molecular complexity index is 667. The number of hydrogen-bond donors (Lipinski definition) is 2. The second kappa shape index (κ2) is 8.87. The van der Waals surface area contributed by atoms with Crippen LogP contribution in [-0.4, -0.2) is 44.2 Å². The number of ether oxygens (including phenoxy) is 1. The molecule has 0 radical (unpaired) electrons. The normalized spacial score (nSPS) is 15.7. The van der Waals surface area contributed by atoms with Crippen LogP contribution in [0.15, 0.2) is 41.8 Å². The van der Waals surface area contributed by atoms with Crippen molar-refractivity contribution in [2.75, 3.05) is 38.6 Å². The van der Waals surface area contributed by atoms with E-state index in [-0.39, 0.29) is 6.03 Å². The zero-order valence-corrected chi connectivity index (χ0v) is 15.3. The smallest absolute Gasteiger partial charge is 0.319 e. The molecule has 1 fully saturated rings. The highest BCUT2D eigenvalue weighted by Crippen LogP contribution is 2.30. The average Bonchev–Trinajstić information content (AvgIpc) is 3.17. The van der Waals surface area contributed by atoms with Crippen LogP contribution in [-0.2, 0) is 0 Å². The molecule has 0 saturated carbocycles. The number of anilines is 1. The molecule has 25 heavy (non-hydrogen) atoms. The summed E-state index contributed by atoms with van der Waals surface area (Å²) in [5.74, 6) is 1.44. The third-order valence-electron chi connectivity index (χ3n) is 4.57. The second-order valence-corrected chi connectivity index (χ2v) is 7.22. The van der Waals surface area contributed by atoms with Crippen LogP contribution in [0.4, 0.5) is 10.5 Å². The Labute approximate surface area is 153 Å². The number of likely N-dealkylation sites (tertiary alicyclic amines) is 1. The lowest BCUT2D eigenvalue weighted by atomic mass is 9.95. The molecule has 2 N–H and O–H groups in total. The van der Waals surface area contributed by atoms with Crippen LogP contribution in [0.25, 0.3) is 0 Å². The fourth-order valence-corrected chi connectivity index (χ4v) is 4.07. The first-order chi connectivity index (χ1) is 12.2. The SMILES string of the molecule is COc1cccc(NC(=O)NCCN2CCC(c3cccs3)CC2)c1. The van der Waals surface area contributed by atoms with Crippen molar-refractivity contribution >= 4 is 23.1 Å². The standard InChI is InChI=1S/C19H25N3O2S/c1-24-17-5-2-4-16(14-17)21-19(23)20-9-12-22-10-7-15(8-11-22)18-6-3-13-25-18/h2-6,13-15H,7-12H2,1H3,(H2,20,21,23). The number of rotatable bonds is 6. The van der Waals surface area contributed by atoms with Gasteiger partial charge in [-0.3, -0.25) is 0 Å². The Morgan fingerprint density at radius 3 is 2.84 bits per heavy atom. The number of benzene rings is 1. The van der Waals surface area contributed by atoms with Gasteiger partial charge in [-0.2, -0.15) is 0 Å². The van der Waals surface area contributed by atoms with E-state index in [1.54, 1.807) is 13.2 Å². The Morgan fingerprint density at radius 2 is 2.12 bits per heavy atom. The molecule has 1 aromatic heterocycles. The lowest BCUT2D eigenvalue weighted by molar-refractivity contribution is 0.212. The summed E-state index contributed by atoms with van der Waals surface area (Å²) < 4.78 is 5.15. The van der Waals surface area contributed by atoms with E-state index in [1.807, 2.05) is 29.5 Å². The molecule has 1 aromatic carbocycles. The molecule has 0 spiro atoms. The van der Waals surface area contributed by atoms with E-state index in [2.05, 4.69) is 33.0 Å². The van der Waals surface area contributed by atoms with Gasteiger partial charge >= 0.3 is 6.03 Å². The summed E-state index contributed by atoms with van der Waals surface area (Å²) in [6.07, 6.45) is 2.41. The zero-order chi connectivity index (χ0) is 17.5. The fourth-order valence-electron chi connectivity index (χ4n) is 3.17. The maximum atomic E-state index is 12.0. The monoisotopic (exact) mass is 359 g/mol. The largest absolute Gasteiger partial charge is 0.497 e. The fraction of sp³-hybridized carbons (Fsp3) is 0.421. The molecular formula is C19H25N3O2S. The van der Waals surface area contributed by atoms with E-state index in [9.17, 15) is 4.79 Å². The first kappa shape index (κ1) is 17.8. The highest BCUT2D eigenvalue weighted by atomic mass is 32.1. The molecule has 2 amide bonds. The highest BCUT2D eigenvalue weighted by Gasteiger charge is 2.20. The Morgan fingerprint density at radius 1 is 1.28 bits per heavy atom. The number of thiophene rings is 1. The van der Waals surface area contributed by atoms with E-state index in [4.69, 9.17) is 4.74 Å². The summed E-state index contributed by atoms with van der Waals surface area (Å²) in [4.78, 5) is 15.9. The van der Waals surface area contributed by atoms with Gasteiger partial charge in [0.05, 0.1) is 7.11 Å². The van der Waals surface area contributed by atoms with Crippen LogP contribution in [0.3, 0.4) is 0 Å². The van der Waals surface area contributed by atoms with Gasteiger partial charge in [0.15, 0.2) is 0 Å². The average molecular weight is 359 g/mol. The number of amides is 2. The molecule has 2 aromatic rings. The Kier molecular flexibility index (Phi) is 6.30. The van der Waals surface area contributed by atoms with Gasteiger partial charge in [0.25, 0.3) is 0 Å². The third kappa shape index (κ3) is 5.21. The summed E-state index contributed by atoms with van der Waals surface area (Å²) in [6, 6.07) is 11.6. The minimum Gasteiger partial charge on any atom is -0.497 e. The van der Waals surface area contributed by atoms with Gasteiger partial charge in [0, 0.05) is 29.7 Å². The lowest BCUT2D eigenvalue weighted by Crippen LogP contribution is -2.40. The van der Waals surface area contributed by atoms with E-state index in [0.717, 1.165) is 31.1 Å². The van der Waals surface area contributed by atoms with Crippen LogP contribution < -0.4 is 15.4 Å². The highest BCUT2D eigenvalue weighted by molar-refractivity contribution is 7.10. The van der Waals surface area contributed by atoms with Crippen molar-refractivity contribution < 1.29 is 9.53 Å². The van der Waals surface area contributed by atoms with Gasteiger partial charge in [0.2, 0.25) is 0 Å². The van der Waals surface area contributed by atoms with Crippen molar-refractivity contribution in [3.63, 3.8) is 0 Å². The Hall–Kier alpha value is -2.05. The minimum atomic E-state index is -0.179.